The maximum absolute atomic E-state index is 11.4. The normalized spacial score (nSPS) is 13.2. The van der Waals surface area contributed by atoms with Crippen LogP contribution in [0.4, 0.5) is 0 Å². The van der Waals surface area contributed by atoms with Crippen LogP contribution < -0.4 is 0 Å². The van der Waals surface area contributed by atoms with Gasteiger partial charge in [-0.1, -0.05) is 12.1 Å². The predicted octanol–water partition coefficient (Wildman–Crippen LogP) is 4.89. The van der Waals surface area contributed by atoms with Crippen LogP contribution in [0.5, 0.6) is 5.75 Å². The van der Waals surface area contributed by atoms with Gasteiger partial charge in [0, 0.05) is 18.2 Å². The molecule has 1 atom stereocenters. The van der Waals surface area contributed by atoms with E-state index in [1.54, 1.807) is 12.1 Å². The van der Waals surface area contributed by atoms with Gasteiger partial charge in [-0.25, -0.2) is 0 Å². The monoisotopic (exact) mass is 382 g/mol. The lowest BCUT2D eigenvalue weighted by atomic mass is 9.85. The van der Waals surface area contributed by atoms with Crippen LogP contribution in [0, 0.1) is 0 Å². The Balaban J connectivity index is 2.91. The third-order valence-corrected chi connectivity index (χ3v) is 4.94. The van der Waals surface area contributed by atoms with Crippen molar-refractivity contribution in [3.8, 4) is 5.75 Å². The average Bonchev–Trinajstić information content (AvgIpc) is 2.49. The van der Waals surface area contributed by atoms with Gasteiger partial charge in [-0.15, -0.1) is 23.2 Å². The van der Waals surface area contributed by atoms with Gasteiger partial charge in [0.2, 0.25) is 0 Å². The fourth-order valence-electron chi connectivity index (χ4n) is 2.69. The third-order valence-electron chi connectivity index (χ3n) is 3.80. The standard InChI is InChI=1S/C16H25Cl2O4P/c17-11-3-1-9-16(22-23(20)21,10-2-4-12-18)13-14-5-7-15(19)8-6-14/h5-8,19,23H,1-4,9-13H2,(H,20,21). The van der Waals surface area contributed by atoms with Gasteiger partial charge in [0.05, 0.1) is 5.60 Å². The van der Waals surface area contributed by atoms with Crippen LogP contribution in [-0.2, 0) is 15.5 Å². The van der Waals surface area contributed by atoms with Gasteiger partial charge >= 0.3 is 8.25 Å². The summed E-state index contributed by atoms with van der Waals surface area (Å²) < 4.78 is 16.9. The van der Waals surface area contributed by atoms with E-state index >= 15 is 0 Å². The number of benzene rings is 1. The van der Waals surface area contributed by atoms with E-state index in [-0.39, 0.29) is 5.75 Å². The van der Waals surface area contributed by atoms with Crippen LogP contribution in [0.15, 0.2) is 24.3 Å². The molecular weight excluding hydrogens is 358 g/mol. The highest BCUT2D eigenvalue weighted by molar-refractivity contribution is 7.32. The molecule has 1 rings (SSSR count). The first-order chi connectivity index (χ1) is 11.0. The van der Waals surface area contributed by atoms with E-state index in [4.69, 9.17) is 27.7 Å². The number of hydrogen-bond donors (Lipinski definition) is 2. The fraction of sp³-hybridized carbons (Fsp3) is 0.625. The van der Waals surface area contributed by atoms with Gasteiger partial charge in [0.15, 0.2) is 0 Å². The van der Waals surface area contributed by atoms with Gasteiger partial charge in [0.25, 0.3) is 0 Å². The molecule has 23 heavy (non-hydrogen) atoms. The molecule has 1 aromatic carbocycles. The summed E-state index contributed by atoms with van der Waals surface area (Å²) in [6.45, 7) is 0. The first kappa shape index (κ1) is 20.8. The quantitative estimate of drug-likeness (QED) is 0.306. The summed E-state index contributed by atoms with van der Waals surface area (Å²) in [5.41, 5.74) is 0.266. The Morgan fingerprint density at radius 3 is 1.96 bits per heavy atom. The number of alkyl halides is 2. The van der Waals surface area contributed by atoms with Crippen LogP contribution in [0.1, 0.15) is 44.1 Å². The Kier molecular flexibility index (Phi) is 10.2. The highest BCUT2D eigenvalue weighted by Gasteiger charge is 2.32. The second kappa shape index (κ2) is 11.3. The van der Waals surface area contributed by atoms with Crippen LogP contribution >= 0.6 is 31.5 Å². The maximum Gasteiger partial charge on any atom is 0.317 e. The average molecular weight is 383 g/mol. The molecular formula is C16H25Cl2O4P. The van der Waals surface area contributed by atoms with Crippen molar-refractivity contribution >= 4 is 31.5 Å². The molecule has 0 aliphatic rings. The fourth-order valence-corrected chi connectivity index (χ4v) is 3.72. The minimum absolute atomic E-state index is 0.195. The van der Waals surface area contributed by atoms with E-state index in [2.05, 4.69) is 0 Å². The van der Waals surface area contributed by atoms with Crippen molar-refractivity contribution < 1.29 is 19.1 Å². The minimum atomic E-state index is -3.06. The first-order valence-electron chi connectivity index (χ1n) is 7.83. The van der Waals surface area contributed by atoms with Gasteiger partial charge in [-0.3, -0.25) is 4.57 Å². The van der Waals surface area contributed by atoms with Crippen molar-refractivity contribution in [2.45, 2.75) is 50.5 Å². The van der Waals surface area contributed by atoms with Gasteiger partial charge in [-0.2, -0.15) is 0 Å². The van der Waals surface area contributed by atoms with E-state index in [1.807, 2.05) is 12.1 Å². The molecule has 132 valence electrons. The smallest absolute Gasteiger partial charge is 0.317 e. The molecule has 0 heterocycles. The molecule has 0 aliphatic heterocycles. The van der Waals surface area contributed by atoms with Crippen molar-refractivity contribution in [1.29, 1.82) is 0 Å². The van der Waals surface area contributed by atoms with E-state index in [1.165, 1.54) is 0 Å². The van der Waals surface area contributed by atoms with Gasteiger partial charge < -0.3 is 14.5 Å². The summed E-state index contributed by atoms with van der Waals surface area (Å²) in [6, 6.07) is 6.84. The molecule has 0 radical (unpaired) electrons. The minimum Gasteiger partial charge on any atom is -0.508 e. The predicted molar refractivity (Wildman–Crippen MR) is 96.0 cm³/mol. The summed E-state index contributed by atoms with van der Waals surface area (Å²) in [5, 5.41) is 9.40. The molecule has 0 saturated carbocycles. The van der Waals surface area contributed by atoms with Crippen LogP contribution in [0.3, 0.4) is 0 Å². The van der Waals surface area contributed by atoms with Crippen LogP contribution in [0.25, 0.3) is 0 Å². The number of hydrogen-bond acceptors (Lipinski definition) is 3. The zero-order valence-electron chi connectivity index (χ0n) is 13.1. The van der Waals surface area contributed by atoms with Crippen molar-refractivity contribution in [3.05, 3.63) is 29.8 Å². The molecule has 4 nitrogen and oxygen atoms in total. The summed E-state index contributed by atoms with van der Waals surface area (Å²) in [6.07, 6.45) is 5.19. The van der Waals surface area contributed by atoms with E-state index in [9.17, 15) is 14.6 Å². The summed E-state index contributed by atoms with van der Waals surface area (Å²) in [7, 11) is -3.06. The van der Waals surface area contributed by atoms with E-state index in [0.29, 0.717) is 31.0 Å². The van der Waals surface area contributed by atoms with Crippen molar-refractivity contribution in [3.63, 3.8) is 0 Å². The van der Waals surface area contributed by atoms with Crippen molar-refractivity contribution in [2.24, 2.45) is 0 Å². The summed E-state index contributed by atoms with van der Waals surface area (Å²) in [4.78, 5) is 9.36. The lowest BCUT2D eigenvalue weighted by Gasteiger charge is -2.33. The maximum atomic E-state index is 11.4. The summed E-state index contributed by atoms with van der Waals surface area (Å²) >= 11 is 11.5. The Labute approximate surface area is 148 Å². The van der Waals surface area contributed by atoms with E-state index in [0.717, 1.165) is 31.2 Å². The number of halogens is 2. The molecule has 0 aromatic heterocycles. The van der Waals surface area contributed by atoms with Crippen LogP contribution in [0.2, 0.25) is 0 Å². The Morgan fingerprint density at radius 2 is 1.52 bits per heavy atom. The highest BCUT2D eigenvalue weighted by Crippen LogP contribution is 2.37. The Morgan fingerprint density at radius 1 is 1.00 bits per heavy atom. The lowest BCUT2D eigenvalue weighted by Crippen LogP contribution is -2.33. The number of phenolic OH excluding ortho intramolecular Hbond substituents is 1. The van der Waals surface area contributed by atoms with Gasteiger partial charge in [-0.05, 0) is 56.2 Å². The van der Waals surface area contributed by atoms with Crippen molar-refractivity contribution in [2.75, 3.05) is 11.8 Å². The Hall–Kier alpha value is -0.250. The summed E-state index contributed by atoms with van der Waals surface area (Å²) in [5.74, 6) is 1.32. The lowest BCUT2D eigenvalue weighted by molar-refractivity contribution is 0.0428. The number of phenols is 1. The van der Waals surface area contributed by atoms with Crippen molar-refractivity contribution in [1.82, 2.24) is 0 Å². The molecule has 0 aliphatic carbocycles. The second-order valence-corrected chi connectivity index (χ2v) is 7.18. The number of aromatic hydroxyl groups is 1. The third kappa shape index (κ3) is 8.42. The SMILES string of the molecule is O=[PH](O)OC(CCCCCl)(CCCCCl)Cc1ccc(O)cc1. The molecule has 7 heteroatoms. The molecule has 0 saturated heterocycles. The number of rotatable bonds is 12. The highest BCUT2D eigenvalue weighted by atomic mass is 35.5. The molecule has 0 bridgehead atoms. The zero-order chi connectivity index (χ0) is 17.1. The number of unbranched alkanes of at least 4 members (excludes halogenated alkanes) is 2. The Bertz CT molecular complexity index is 458. The first-order valence-corrected chi connectivity index (χ1v) is 10.2. The molecule has 1 aromatic rings. The largest absolute Gasteiger partial charge is 0.508 e. The second-order valence-electron chi connectivity index (χ2n) is 5.69. The zero-order valence-corrected chi connectivity index (χ0v) is 15.7. The molecule has 2 N–H and O–H groups in total. The van der Waals surface area contributed by atoms with Gasteiger partial charge in [0.1, 0.15) is 5.75 Å². The molecule has 0 spiro atoms. The molecule has 0 amide bonds. The molecule has 0 fully saturated rings. The topological polar surface area (TPSA) is 66.8 Å². The molecule has 1 unspecified atom stereocenters. The van der Waals surface area contributed by atoms with Crippen LogP contribution in [-0.4, -0.2) is 27.4 Å². The van der Waals surface area contributed by atoms with E-state index < -0.39 is 13.9 Å².